The van der Waals surface area contributed by atoms with E-state index in [1.54, 1.807) is 0 Å². The van der Waals surface area contributed by atoms with Crippen LogP contribution in [0.5, 0.6) is 0 Å². The number of hydrogen-bond donors (Lipinski definition) is 1. The first-order valence-electron chi connectivity index (χ1n) is 6.70. The summed E-state index contributed by atoms with van der Waals surface area (Å²) in [6, 6.07) is 0. The van der Waals surface area contributed by atoms with Gasteiger partial charge in [0.25, 0.3) is 0 Å². The van der Waals surface area contributed by atoms with Crippen LogP contribution in [0.3, 0.4) is 0 Å². The maximum atomic E-state index is 4.17. The molecule has 1 radical (unpaired) electrons. The summed E-state index contributed by atoms with van der Waals surface area (Å²) in [6.45, 7) is 9.71. The number of hydrogen-bond acceptors (Lipinski definition) is 1. The zero-order chi connectivity index (χ0) is 12.7. The van der Waals surface area contributed by atoms with E-state index in [1.165, 1.54) is 29.5 Å². The second-order valence-corrected chi connectivity index (χ2v) is 4.98. The van der Waals surface area contributed by atoms with Crippen molar-refractivity contribution >= 4 is 7.28 Å². The Labute approximate surface area is 107 Å². The highest BCUT2D eigenvalue weighted by Crippen LogP contribution is 2.23. The molecule has 1 heterocycles. The molecular formula is C15H25BN. The van der Waals surface area contributed by atoms with Gasteiger partial charge in [-0.3, -0.25) is 0 Å². The van der Waals surface area contributed by atoms with E-state index in [4.69, 9.17) is 0 Å². The molecule has 1 aliphatic rings. The molecule has 0 saturated carbocycles. The normalized spacial score (nSPS) is 16.9. The summed E-state index contributed by atoms with van der Waals surface area (Å²) >= 11 is 0. The predicted octanol–water partition coefficient (Wildman–Crippen LogP) is 3.53. The van der Waals surface area contributed by atoms with Crippen LogP contribution in [0.1, 0.15) is 33.1 Å². The smallest absolute Gasteiger partial charge is 0.150 e. The van der Waals surface area contributed by atoms with Gasteiger partial charge in [-0.15, -0.1) is 5.47 Å². The first-order valence-corrected chi connectivity index (χ1v) is 6.70. The second kappa shape index (κ2) is 7.55. The minimum Gasteiger partial charge on any atom is -0.320 e. The molecule has 0 spiro atoms. The molecule has 0 saturated heterocycles. The highest BCUT2D eigenvalue weighted by Gasteiger charge is 2.11. The van der Waals surface area contributed by atoms with E-state index in [0.717, 1.165) is 25.2 Å². The van der Waals surface area contributed by atoms with E-state index in [-0.39, 0.29) is 0 Å². The lowest BCUT2D eigenvalue weighted by Crippen LogP contribution is -2.13. The van der Waals surface area contributed by atoms with Crippen molar-refractivity contribution in [3.63, 3.8) is 0 Å². The third kappa shape index (κ3) is 4.95. The standard InChI is InChI=1S/C15H25BN/c1-5-14(8-9-17-4)10-12(2)6-7-15-11-16-13(15)3/h6-7,14,17H,2,5,8-11H2,1,3-4H3/b7-6-. The summed E-state index contributed by atoms with van der Waals surface area (Å²) in [5, 5.41) is 3.22. The van der Waals surface area contributed by atoms with Crippen molar-refractivity contribution in [3.8, 4) is 0 Å². The zero-order valence-electron chi connectivity index (χ0n) is 11.6. The first kappa shape index (κ1) is 14.3. The highest BCUT2D eigenvalue weighted by molar-refractivity contribution is 6.51. The third-order valence-corrected chi connectivity index (χ3v) is 3.59. The number of rotatable bonds is 8. The Morgan fingerprint density at radius 1 is 1.59 bits per heavy atom. The molecule has 1 atom stereocenters. The summed E-state index contributed by atoms with van der Waals surface area (Å²) in [7, 11) is 4.29. The third-order valence-electron chi connectivity index (χ3n) is 3.59. The Morgan fingerprint density at radius 3 is 2.82 bits per heavy atom. The van der Waals surface area contributed by atoms with E-state index >= 15 is 0 Å². The Kier molecular flexibility index (Phi) is 6.35. The van der Waals surface area contributed by atoms with Gasteiger partial charge in [0.2, 0.25) is 0 Å². The van der Waals surface area contributed by atoms with Crippen LogP contribution in [0, 0.1) is 5.92 Å². The van der Waals surface area contributed by atoms with Gasteiger partial charge in [-0.1, -0.05) is 56.5 Å². The molecule has 1 unspecified atom stereocenters. The Balaban J connectivity index is 2.34. The summed E-state index contributed by atoms with van der Waals surface area (Å²) in [5.41, 5.74) is 4.16. The molecule has 0 aromatic heterocycles. The minimum atomic E-state index is 0.766. The summed E-state index contributed by atoms with van der Waals surface area (Å²) in [6.07, 6.45) is 9.19. The summed E-state index contributed by atoms with van der Waals surface area (Å²) in [5.74, 6) is 0.766. The lowest BCUT2D eigenvalue weighted by molar-refractivity contribution is 0.461. The van der Waals surface area contributed by atoms with Gasteiger partial charge in [-0.25, -0.2) is 0 Å². The molecule has 1 N–H and O–H groups in total. The molecule has 0 amide bonds. The molecule has 0 aromatic rings. The molecule has 0 fully saturated rings. The van der Waals surface area contributed by atoms with Crippen molar-refractivity contribution in [3.05, 3.63) is 35.3 Å². The van der Waals surface area contributed by atoms with Gasteiger partial charge in [0.05, 0.1) is 0 Å². The molecule has 1 nitrogen and oxygen atoms in total. The molecule has 17 heavy (non-hydrogen) atoms. The maximum absolute atomic E-state index is 4.17. The van der Waals surface area contributed by atoms with Crippen LogP contribution in [-0.4, -0.2) is 20.9 Å². The van der Waals surface area contributed by atoms with E-state index in [9.17, 15) is 0 Å². The quantitative estimate of drug-likeness (QED) is 0.496. The van der Waals surface area contributed by atoms with Gasteiger partial charge in [0.1, 0.15) is 0 Å². The lowest BCUT2D eigenvalue weighted by atomic mass is 9.53. The SMILES string of the molecule is C=C(/C=C\C1=C(C)[B]C1)CC(CC)CCNC. The van der Waals surface area contributed by atoms with Crippen LogP contribution in [-0.2, 0) is 0 Å². The van der Waals surface area contributed by atoms with Gasteiger partial charge in [0.15, 0.2) is 7.28 Å². The highest BCUT2D eigenvalue weighted by atomic mass is 14.8. The fraction of sp³-hybridized carbons (Fsp3) is 0.600. The first-order chi connectivity index (χ1) is 8.17. The molecule has 1 aliphatic heterocycles. The average molecular weight is 230 g/mol. The van der Waals surface area contributed by atoms with Gasteiger partial charge < -0.3 is 5.32 Å². The number of allylic oxidation sites excluding steroid dienone is 5. The molecule has 2 heteroatoms. The Morgan fingerprint density at radius 2 is 2.35 bits per heavy atom. The molecule has 0 aromatic carbocycles. The molecule has 0 bridgehead atoms. The summed E-state index contributed by atoms with van der Waals surface area (Å²) < 4.78 is 0. The monoisotopic (exact) mass is 230 g/mol. The van der Waals surface area contributed by atoms with Crippen LogP contribution < -0.4 is 5.32 Å². The molecule has 93 valence electrons. The Bertz CT molecular complexity index is 315. The lowest BCUT2D eigenvalue weighted by Gasteiger charge is -2.17. The zero-order valence-corrected chi connectivity index (χ0v) is 11.6. The van der Waals surface area contributed by atoms with Gasteiger partial charge in [-0.05, 0) is 32.4 Å². The fourth-order valence-electron chi connectivity index (χ4n) is 2.08. The van der Waals surface area contributed by atoms with Crippen molar-refractivity contribution < 1.29 is 0 Å². The van der Waals surface area contributed by atoms with Crippen LogP contribution >= 0.6 is 0 Å². The molecule has 1 rings (SSSR count). The molecular weight excluding hydrogens is 205 g/mol. The van der Waals surface area contributed by atoms with Crippen LogP contribution in [0.15, 0.2) is 35.3 Å². The minimum absolute atomic E-state index is 0.766. The second-order valence-electron chi connectivity index (χ2n) is 4.98. The van der Waals surface area contributed by atoms with Crippen molar-refractivity contribution in [2.24, 2.45) is 5.92 Å². The molecule has 0 aliphatic carbocycles. The Hall–Kier alpha value is -0.755. The fourth-order valence-corrected chi connectivity index (χ4v) is 2.08. The van der Waals surface area contributed by atoms with Crippen molar-refractivity contribution in [2.75, 3.05) is 13.6 Å². The largest absolute Gasteiger partial charge is 0.320 e. The summed E-state index contributed by atoms with van der Waals surface area (Å²) in [4.78, 5) is 0. The van der Waals surface area contributed by atoms with Crippen molar-refractivity contribution in [1.82, 2.24) is 5.32 Å². The average Bonchev–Trinajstić information content (AvgIpc) is 2.32. The predicted molar refractivity (Wildman–Crippen MR) is 78.5 cm³/mol. The van der Waals surface area contributed by atoms with Crippen LogP contribution in [0.4, 0.5) is 0 Å². The van der Waals surface area contributed by atoms with E-state index in [1.807, 2.05) is 7.05 Å². The van der Waals surface area contributed by atoms with Crippen LogP contribution in [0.25, 0.3) is 0 Å². The topological polar surface area (TPSA) is 12.0 Å². The van der Waals surface area contributed by atoms with E-state index < -0.39 is 0 Å². The van der Waals surface area contributed by atoms with E-state index in [0.29, 0.717) is 0 Å². The number of nitrogens with one attached hydrogen (secondary N) is 1. The van der Waals surface area contributed by atoms with Gasteiger partial charge in [-0.2, -0.15) is 0 Å². The van der Waals surface area contributed by atoms with Crippen LogP contribution in [0.2, 0.25) is 6.32 Å². The van der Waals surface area contributed by atoms with Gasteiger partial charge in [0, 0.05) is 0 Å². The van der Waals surface area contributed by atoms with Crippen molar-refractivity contribution in [2.45, 2.75) is 39.4 Å². The van der Waals surface area contributed by atoms with E-state index in [2.05, 4.69) is 45.2 Å². The maximum Gasteiger partial charge on any atom is 0.150 e. The van der Waals surface area contributed by atoms with Crippen molar-refractivity contribution in [1.29, 1.82) is 0 Å². The van der Waals surface area contributed by atoms with Gasteiger partial charge >= 0.3 is 0 Å².